The van der Waals surface area contributed by atoms with E-state index in [4.69, 9.17) is 0 Å². The molecule has 0 spiro atoms. The predicted molar refractivity (Wildman–Crippen MR) is 88.6 cm³/mol. The molecule has 5 nitrogen and oxygen atoms in total. The summed E-state index contributed by atoms with van der Waals surface area (Å²) in [7, 11) is -3.58. The number of nitrogens with one attached hydrogen (secondary N) is 2. The van der Waals surface area contributed by atoms with Crippen molar-refractivity contribution in [2.75, 3.05) is 4.72 Å². The Labute approximate surface area is 133 Å². The minimum absolute atomic E-state index is 0.274. The first-order valence-electron chi connectivity index (χ1n) is 6.65. The van der Waals surface area contributed by atoms with E-state index in [1.165, 1.54) is 11.3 Å². The van der Waals surface area contributed by atoms with Crippen molar-refractivity contribution in [3.8, 4) is 10.6 Å². The fourth-order valence-corrected chi connectivity index (χ4v) is 4.56. The molecule has 0 unspecified atom stereocenters. The number of sulfonamides is 1. The molecule has 0 bridgehead atoms. The molecule has 2 N–H and O–H groups in total. The van der Waals surface area contributed by atoms with Crippen LogP contribution < -0.4 is 4.72 Å². The number of aromatic nitrogens is 2. The van der Waals surface area contributed by atoms with Gasteiger partial charge in [-0.05, 0) is 55.3 Å². The molecule has 0 aliphatic carbocycles. The molecule has 0 fully saturated rings. The number of H-pyrrole nitrogens is 1. The fraction of sp³-hybridized carbons (Fsp3) is 0.133. The van der Waals surface area contributed by atoms with E-state index in [0.717, 1.165) is 21.7 Å². The maximum Gasteiger partial charge on any atom is 0.271 e. The number of hydrogen-bond acceptors (Lipinski definition) is 4. The summed E-state index contributed by atoms with van der Waals surface area (Å²) in [6.45, 7) is 3.87. The Kier molecular flexibility index (Phi) is 3.76. The highest BCUT2D eigenvalue weighted by Crippen LogP contribution is 2.30. The van der Waals surface area contributed by atoms with E-state index in [1.807, 2.05) is 32.0 Å². The molecule has 22 heavy (non-hydrogen) atoms. The molecular weight excluding hydrogens is 318 g/mol. The Morgan fingerprint density at radius 3 is 2.45 bits per heavy atom. The lowest BCUT2D eigenvalue weighted by Gasteiger charge is -2.08. The second-order valence-corrected chi connectivity index (χ2v) is 8.06. The van der Waals surface area contributed by atoms with Crippen LogP contribution in [0.4, 0.5) is 5.69 Å². The van der Waals surface area contributed by atoms with Crippen LogP contribution in [0.3, 0.4) is 0 Å². The summed E-state index contributed by atoms with van der Waals surface area (Å²) in [5.74, 6) is 0. The second-order valence-electron chi connectivity index (χ2n) is 5.07. The van der Waals surface area contributed by atoms with Gasteiger partial charge >= 0.3 is 0 Å². The molecule has 0 amide bonds. The highest BCUT2D eigenvalue weighted by atomic mass is 32.2. The summed E-state index contributed by atoms with van der Waals surface area (Å²) in [6.07, 6.45) is 1.64. The van der Waals surface area contributed by atoms with Crippen molar-refractivity contribution in [2.24, 2.45) is 0 Å². The van der Waals surface area contributed by atoms with Crippen LogP contribution in [0.25, 0.3) is 10.6 Å². The summed E-state index contributed by atoms with van der Waals surface area (Å²) in [5, 5.41) is 6.70. The van der Waals surface area contributed by atoms with Gasteiger partial charge < -0.3 is 0 Å². The number of nitrogens with zero attached hydrogens (tertiary/aromatic N) is 1. The standard InChI is InChI=1S/C15H15N3O2S2/c1-10-7-11(2)9-12(8-10)18-22(19,20)15-4-3-14(21-15)13-5-6-16-17-13/h3-9,18H,1-2H3,(H,16,17). The van der Waals surface area contributed by atoms with Gasteiger partial charge in [-0.15, -0.1) is 11.3 Å². The van der Waals surface area contributed by atoms with Crippen LogP contribution in [0.1, 0.15) is 11.1 Å². The van der Waals surface area contributed by atoms with Crippen molar-refractivity contribution >= 4 is 27.0 Å². The number of rotatable bonds is 4. The lowest BCUT2D eigenvalue weighted by Crippen LogP contribution is -2.11. The monoisotopic (exact) mass is 333 g/mol. The van der Waals surface area contributed by atoms with Crippen LogP contribution in [-0.4, -0.2) is 18.6 Å². The maximum atomic E-state index is 12.5. The largest absolute Gasteiger partial charge is 0.279 e. The number of anilines is 1. The molecule has 114 valence electrons. The van der Waals surface area contributed by atoms with E-state index in [1.54, 1.807) is 24.4 Å². The Balaban J connectivity index is 1.90. The molecule has 2 heterocycles. The van der Waals surface area contributed by atoms with Gasteiger partial charge in [-0.2, -0.15) is 5.10 Å². The average Bonchev–Trinajstić information content (AvgIpc) is 3.08. The van der Waals surface area contributed by atoms with Crippen LogP contribution in [-0.2, 0) is 10.0 Å². The van der Waals surface area contributed by atoms with Crippen LogP contribution >= 0.6 is 11.3 Å². The van der Waals surface area contributed by atoms with Crippen molar-refractivity contribution in [2.45, 2.75) is 18.1 Å². The lowest BCUT2D eigenvalue weighted by molar-refractivity contribution is 0.603. The van der Waals surface area contributed by atoms with Gasteiger partial charge in [-0.25, -0.2) is 8.42 Å². The molecule has 0 aliphatic heterocycles. The lowest BCUT2D eigenvalue weighted by atomic mass is 10.1. The van der Waals surface area contributed by atoms with Crippen molar-refractivity contribution in [1.29, 1.82) is 0 Å². The van der Waals surface area contributed by atoms with Gasteiger partial charge in [0.05, 0.1) is 10.6 Å². The molecule has 0 saturated carbocycles. The zero-order chi connectivity index (χ0) is 15.7. The molecule has 1 aromatic carbocycles. The van der Waals surface area contributed by atoms with Crippen LogP contribution in [0, 0.1) is 13.8 Å². The third kappa shape index (κ3) is 3.05. The molecular formula is C15H15N3O2S2. The quantitative estimate of drug-likeness (QED) is 0.766. The molecule has 3 aromatic rings. The molecule has 0 saturated heterocycles. The van der Waals surface area contributed by atoms with Gasteiger partial charge in [0, 0.05) is 11.9 Å². The van der Waals surface area contributed by atoms with Crippen LogP contribution in [0.5, 0.6) is 0 Å². The predicted octanol–water partition coefficient (Wildman–Crippen LogP) is 3.56. The zero-order valence-electron chi connectivity index (χ0n) is 12.1. The van der Waals surface area contributed by atoms with Crippen LogP contribution in [0.2, 0.25) is 0 Å². The summed E-state index contributed by atoms with van der Waals surface area (Å²) in [6, 6.07) is 10.8. The van der Waals surface area contributed by atoms with E-state index in [0.29, 0.717) is 5.69 Å². The number of hydrogen-bond donors (Lipinski definition) is 2. The van der Waals surface area contributed by atoms with E-state index in [9.17, 15) is 8.42 Å². The van der Waals surface area contributed by atoms with Crippen molar-refractivity contribution < 1.29 is 8.42 Å². The minimum atomic E-state index is -3.58. The molecule has 0 atom stereocenters. The topological polar surface area (TPSA) is 74.8 Å². The number of aromatic amines is 1. The minimum Gasteiger partial charge on any atom is -0.279 e. The Morgan fingerprint density at radius 2 is 1.82 bits per heavy atom. The highest BCUT2D eigenvalue weighted by molar-refractivity contribution is 7.94. The summed E-state index contributed by atoms with van der Waals surface area (Å²) >= 11 is 1.20. The smallest absolute Gasteiger partial charge is 0.271 e. The second kappa shape index (κ2) is 5.58. The van der Waals surface area contributed by atoms with Gasteiger partial charge in [0.15, 0.2) is 0 Å². The van der Waals surface area contributed by atoms with E-state index < -0.39 is 10.0 Å². The van der Waals surface area contributed by atoms with Crippen molar-refractivity contribution in [3.63, 3.8) is 0 Å². The van der Waals surface area contributed by atoms with Gasteiger partial charge in [0.2, 0.25) is 0 Å². The highest BCUT2D eigenvalue weighted by Gasteiger charge is 2.18. The van der Waals surface area contributed by atoms with Gasteiger partial charge in [0.25, 0.3) is 10.0 Å². The average molecular weight is 333 g/mol. The molecule has 0 radical (unpaired) electrons. The third-order valence-electron chi connectivity index (χ3n) is 3.09. The fourth-order valence-electron chi connectivity index (χ4n) is 2.24. The molecule has 0 aliphatic rings. The molecule has 3 rings (SSSR count). The third-order valence-corrected chi connectivity index (χ3v) is 6.08. The number of thiophene rings is 1. The number of aryl methyl sites for hydroxylation is 2. The first-order valence-corrected chi connectivity index (χ1v) is 8.95. The molecule has 2 aromatic heterocycles. The zero-order valence-corrected chi connectivity index (χ0v) is 13.8. The maximum absolute atomic E-state index is 12.5. The summed E-state index contributed by atoms with van der Waals surface area (Å²) in [5.41, 5.74) is 3.41. The van der Waals surface area contributed by atoms with Gasteiger partial charge in [0.1, 0.15) is 4.21 Å². The summed E-state index contributed by atoms with van der Waals surface area (Å²) in [4.78, 5) is 0.832. The Bertz CT molecular complexity index is 877. The first kappa shape index (κ1) is 14.8. The van der Waals surface area contributed by atoms with Crippen molar-refractivity contribution in [1.82, 2.24) is 10.2 Å². The first-order chi connectivity index (χ1) is 10.4. The normalized spacial score (nSPS) is 11.5. The van der Waals surface area contributed by atoms with Crippen LogP contribution in [0.15, 0.2) is 46.8 Å². The Hall–Kier alpha value is -2.12. The van der Waals surface area contributed by atoms with E-state index >= 15 is 0 Å². The van der Waals surface area contributed by atoms with E-state index in [-0.39, 0.29) is 4.21 Å². The number of benzene rings is 1. The Morgan fingerprint density at radius 1 is 1.09 bits per heavy atom. The van der Waals surface area contributed by atoms with Gasteiger partial charge in [-0.3, -0.25) is 9.82 Å². The SMILES string of the molecule is Cc1cc(C)cc(NS(=O)(=O)c2ccc(-c3ccn[nH]3)s2)c1. The van der Waals surface area contributed by atoms with Gasteiger partial charge in [-0.1, -0.05) is 6.07 Å². The molecule has 7 heteroatoms. The summed E-state index contributed by atoms with van der Waals surface area (Å²) < 4.78 is 27.9. The van der Waals surface area contributed by atoms with Crippen molar-refractivity contribution in [3.05, 3.63) is 53.7 Å². The van der Waals surface area contributed by atoms with E-state index in [2.05, 4.69) is 14.9 Å².